The minimum atomic E-state index is -0.560. The Morgan fingerprint density at radius 3 is 2.47 bits per heavy atom. The summed E-state index contributed by atoms with van der Waals surface area (Å²) in [7, 11) is 1.62. The van der Waals surface area contributed by atoms with Crippen molar-refractivity contribution in [2.75, 3.05) is 7.11 Å². The van der Waals surface area contributed by atoms with Crippen LogP contribution in [-0.2, 0) is 29.1 Å². The van der Waals surface area contributed by atoms with Gasteiger partial charge in [0, 0.05) is 13.1 Å². The number of hydrogen-bond acceptors (Lipinski definition) is 4. The highest BCUT2D eigenvalue weighted by molar-refractivity contribution is 5.90. The van der Waals surface area contributed by atoms with Crippen LogP contribution in [0.25, 0.3) is 0 Å². The number of nitrogens with one attached hydrogen (secondary N) is 3. The summed E-state index contributed by atoms with van der Waals surface area (Å²) in [6.45, 7) is 5.16. The summed E-state index contributed by atoms with van der Waals surface area (Å²) in [5.41, 5.74) is 3.38. The summed E-state index contributed by atoms with van der Waals surface area (Å²) in [4.78, 5) is 25.7. The Kier molecular flexibility index (Phi) is 7.46. The summed E-state index contributed by atoms with van der Waals surface area (Å²) in [5, 5.41) is 9.21. The van der Waals surface area contributed by atoms with Crippen molar-refractivity contribution in [2.24, 2.45) is 5.92 Å². The Bertz CT molecular complexity index is 864. The fourth-order valence-corrected chi connectivity index (χ4v) is 3.67. The summed E-state index contributed by atoms with van der Waals surface area (Å²) in [6.07, 6.45) is 1.22. The molecule has 30 heavy (non-hydrogen) atoms. The number of methoxy groups -OCH3 is 1. The SMILES string of the molecule is COc1ccc(CNC(=O)[C@H](CC(C)C)NC(=O)[C@H]2Cc3ccccc3CN2)cc1. The van der Waals surface area contributed by atoms with Gasteiger partial charge in [-0.05, 0) is 47.6 Å². The first-order chi connectivity index (χ1) is 14.5. The molecule has 2 atom stereocenters. The van der Waals surface area contributed by atoms with Crippen molar-refractivity contribution < 1.29 is 14.3 Å². The summed E-state index contributed by atoms with van der Waals surface area (Å²) in [6, 6.07) is 14.8. The molecule has 6 nitrogen and oxygen atoms in total. The highest BCUT2D eigenvalue weighted by Crippen LogP contribution is 2.17. The molecule has 3 N–H and O–H groups in total. The molecule has 2 aromatic rings. The quantitative estimate of drug-likeness (QED) is 0.626. The van der Waals surface area contributed by atoms with E-state index < -0.39 is 6.04 Å². The molecule has 2 amide bonds. The molecular formula is C24H31N3O3. The topological polar surface area (TPSA) is 79.5 Å². The fourth-order valence-electron chi connectivity index (χ4n) is 3.67. The highest BCUT2D eigenvalue weighted by atomic mass is 16.5. The number of benzene rings is 2. The van der Waals surface area contributed by atoms with Crippen molar-refractivity contribution >= 4 is 11.8 Å². The maximum absolute atomic E-state index is 12.9. The van der Waals surface area contributed by atoms with E-state index in [9.17, 15) is 9.59 Å². The maximum Gasteiger partial charge on any atom is 0.242 e. The van der Waals surface area contributed by atoms with Crippen LogP contribution in [0.1, 0.15) is 37.0 Å². The Hall–Kier alpha value is -2.86. The second kappa shape index (κ2) is 10.3. The van der Waals surface area contributed by atoms with Gasteiger partial charge in [0.05, 0.1) is 13.2 Å². The van der Waals surface area contributed by atoms with Crippen LogP contribution in [-0.4, -0.2) is 31.0 Å². The van der Waals surface area contributed by atoms with Crippen LogP contribution in [0.3, 0.4) is 0 Å². The van der Waals surface area contributed by atoms with Gasteiger partial charge in [0.15, 0.2) is 0 Å². The second-order valence-corrected chi connectivity index (χ2v) is 8.16. The molecule has 3 rings (SSSR count). The molecule has 1 aliphatic heterocycles. The fraction of sp³-hybridized carbons (Fsp3) is 0.417. The monoisotopic (exact) mass is 409 g/mol. The van der Waals surface area contributed by atoms with Gasteiger partial charge in [0.25, 0.3) is 0 Å². The Morgan fingerprint density at radius 2 is 1.80 bits per heavy atom. The van der Waals surface area contributed by atoms with Gasteiger partial charge in [0.1, 0.15) is 11.8 Å². The molecule has 0 spiro atoms. The molecule has 2 aromatic carbocycles. The van der Waals surface area contributed by atoms with Crippen LogP contribution in [0.5, 0.6) is 5.75 Å². The first-order valence-corrected chi connectivity index (χ1v) is 10.5. The average molecular weight is 410 g/mol. The number of carbonyl (C=O) groups excluding carboxylic acids is 2. The molecule has 0 saturated heterocycles. The van der Waals surface area contributed by atoms with E-state index in [1.165, 1.54) is 11.1 Å². The number of hydrogen-bond donors (Lipinski definition) is 3. The van der Waals surface area contributed by atoms with Gasteiger partial charge >= 0.3 is 0 Å². The first kappa shape index (κ1) is 21.8. The van der Waals surface area contributed by atoms with E-state index >= 15 is 0 Å². The predicted octanol–water partition coefficient (Wildman–Crippen LogP) is 2.56. The average Bonchev–Trinajstić information content (AvgIpc) is 2.76. The summed E-state index contributed by atoms with van der Waals surface area (Å²) in [5.74, 6) is 0.762. The van der Waals surface area contributed by atoms with Crippen molar-refractivity contribution in [1.29, 1.82) is 0 Å². The molecular weight excluding hydrogens is 378 g/mol. The number of rotatable bonds is 8. The molecule has 6 heteroatoms. The highest BCUT2D eigenvalue weighted by Gasteiger charge is 2.28. The van der Waals surface area contributed by atoms with Gasteiger partial charge in [-0.1, -0.05) is 50.2 Å². The summed E-state index contributed by atoms with van der Waals surface area (Å²) >= 11 is 0. The lowest BCUT2D eigenvalue weighted by atomic mass is 9.95. The largest absolute Gasteiger partial charge is 0.497 e. The summed E-state index contributed by atoms with van der Waals surface area (Å²) < 4.78 is 5.16. The number of ether oxygens (including phenoxy) is 1. The van der Waals surface area contributed by atoms with Crippen LogP contribution in [0.15, 0.2) is 48.5 Å². The Balaban J connectivity index is 1.59. The molecule has 0 fully saturated rings. The molecule has 0 aliphatic carbocycles. The van der Waals surface area contributed by atoms with Crippen LogP contribution in [0.2, 0.25) is 0 Å². The zero-order valence-electron chi connectivity index (χ0n) is 17.9. The van der Waals surface area contributed by atoms with Crippen LogP contribution in [0.4, 0.5) is 0 Å². The van der Waals surface area contributed by atoms with Gasteiger partial charge in [-0.2, -0.15) is 0 Å². The van der Waals surface area contributed by atoms with Crippen molar-refractivity contribution in [2.45, 2.75) is 51.9 Å². The smallest absolute Gasteiger partial charge is 0.242 e. The molecule has 0 unspecified atom stereocenters. The third-order valence-corrected chi connectivity index (χ3v) is 5.36. The van der Waals surface area contributed by atoms with E-state index in [-0.39, 0.29) is 23.8 Å². The van der Waals surface area contributed by atoms with E-state index in [1.54, 1.807) is 7.11 Å². The van der Waals surface area contributed by atoms with Crippen molar-refractivity contribution in [3.8, 4) is 5.75 Å². The second-order valence-electron chi connectivity index (χ2n) is 8.16. The van der Waals surface area contributed by atoms with Crippen LogP contribution in [0, 0.1) is 5.92 Å². The Labute approximate surface area is 178 Å². The van der Waals surface area contributed by atoms with E-state index in [1.807, 2.05) is 50.2 Å². The van der Waals surface area contributed by atoms with E-state index in [0.717, 1.165) is 11.3 Å². The third kappa shape index (κ3) is 5.83. The molecule has 0 bridgehead atoms. The van der Waals surface area contributed by atoms with E-state index in [0.29, 0.717) is 25.9 Å². The molecule has 0 saturated carbocycles. The molecule has 1 heterocycles. The normalized spacial score (nSPS) is 16.5. The van der Waals surface area contributed by atoms with Crippen molar-refractivity contribution in [3.63, 3.8) is 0 Å². The number of amides is 2. The lowest BCUT2D eigenvalue weighted by Gasteiger charge is -2.28. The molecule has 0 radical (unpaired) electrons. The number of fused-ring (bicyclic) bond motifs is 1. The van der Waals surface area contributed by atoms with E-state index in [2.05, 4.69) is 28.1 Å². The third-order valence-electron chi connectivity index (χ3n) is 5.36. The number of carbonyl (C=O) groups is 2. The minimum absolute atomic E-state index is 0.130. The predicted molar refractivity (Wildman–Crippen MR) is 117 cm³/mol. The zero-order chi connectivity index (χ0) is 21.5. The minimum Gasteiger partial charge on any atom is -0.497 e. The van der Waals surface area contributed by atoms with Crippen LogP contribution < -0.4 is 20.7 Å². The first-order valence-electron chi connectivity index (χ1n) is 10.5. The van der Waals surface area contributed by atoms with Crippen molar-refractivity contribution in [1.82, 2.24) is 16.0 Å². The van der Waals surface area contributed by atoms with Gasteiger partial charge in [-0.3, -0.25) is 9.59 Å². The molecule has 1 aliphatic rings. The lowest BCUT2D eigenvalue weighted by molar-refractivity contribution is -0.130. The standard InChI is InChI=1S/C24H31N3O3/c1-16(2)12-22(23(28)26-14-17-8-10-20(30-3)11-9-17)27-24(29)21-13-18-6-4-5-7-19(18)15-25-21/h4-11,16,21-22,25H,12-15H2,1-3H3,(H,26,28)(H,27,29)/t21-,22+/m1/s1. The van der Waals surface area contributed by atoms with Gasteiger partial charge in [-0.15, -0.1) is 0 Å². The lowest BCUT2D eigenvalue weighted by Crippen LogP contribution is -2.54. The van der Waals surface area contributed by atoms with E-state index in [4.69, 9.17) is 4.74 Å². The van der Waals surface area contributed by atoms with Gasteiger partial charge < -0.3 is 20.7 Å². The van der Waals surface area contributed by atoms with Crippen molar-refractivity contribution in [3.05, 3.63) is 65.2 Å². The maximum atomic E-state index is 12.9. The zero-order valence-corrected chi connectivity index (χ0v) is 17.9. The molecule has 0 aromatic heterocycles. The van der Waals surface area contributed by atoms with Gasteiger partial charge in [-0.25, -0.2) is 0 Å². The molecule has 160 valence electrons. The van der Waals surface area contributed by atoms with Crippen LogP contribution >= 0.6 is 0 Å². The Morgan fingerprint density at radius 1 is 1.10 bits per heavy atom. The van der Waals surface area contributed by atoms with Gasteiger partial charge in [0.2, 0.25) is 11.8 Å².